The highest BCUT2D eigenvalue weighted by molar-refractivity contribution is 7.90. The lowest BCUT2D eigenvalue weighted by molar-refractivity contribution is -0.139. The average Bonchev–Trinajstić information content (AvgIpc) is 4.03. The quantitative estimate of drug-likeness (QED) is 0.104. The van der Waals surface area contributed by atoms with Crippen molar-refractivity contribution in [3.63, 3.8) is 0 Å². The van der Waals surface area contributed by atoms with E-state index in [1.54, 1.807) is 98.8 Å². The molecule has 0 unspecified atom stereocenters. The molecule has 3 atom stereocenters. The molecule has 2 N–H and O–H groups in total. The number of hydrogen-bond donors (Lipinski definition) is 2. The number of hydrogen-bond acceptors (Lipinski definition) is 9. The number of carbonyl (C=O) groups excluding carboxylic acids is 3. The Labute approximate surface area is 372 Å². The second-order valence-corrected chi connectivity index (χ2v) is 18.1. The third kappa shape index (κ3) is 8.84. The number of carboxylic acids is 1. The molecule has 2 saturated heterocycles. The number of likely N-dealkylation sites (tertiary alicyclic amines) is 1. The molecule has 64 heavy (non-hydrogen) atoms. The molecule has 2 aliphatic rings. The van der Waals surface area contributed by atoms with Crippen LogP contribution in [0.2, 0.25) is 0 Å². The summed E-state index contributed by atoms with van der Waals surface area (Å²) >= 11 is 0. The molecule has 0 radical (unpaired) electrons. The number of benzene rings is 5. The fourth-order valence-electron chi connectivity index (χ4n) is 9.15. The number of aliphatic imine (C=N–C) groups is 1. The summed E-state index contributed by atoms with van der Waals surface area (Å²) in [6, 6.07) is 34.1. The van der Waals surface area contributed by atoms with Crippen LogP contribution in [0.1, 0.15) is 64.1 Å². The van der Waals surface area contributed by atoms with E-state index >= 15 is 0 Å². The van der Waals surface area contributed by atoms with Gasteiger partial charge < -0.3 is 15.2 Å². The summed E-state index contributed by atoms with van der Waals surface area (Å²) in [5.41, 5.74) is 5.17. The molecule has 328 valence electrons. The van der Waals surface area contributed by atoms with Crippen LogP contribution in [-0.4, -0.2) is 88.7 Å². The van der Waals surface area contributed by atoms with Crippen molar-refractivity contribution in [1.82, 2.24) is 13.8 Å². The topological polar surface area (TPSA) is 168 Å². The Morgan fingerprint density at radius 3 is 2.20 bits per heavy atom. The Morgan fingerprint density at radius 2 is 1.52 bits per heavy atom. The minimum Gasteiger partial charge on any atom is -0.480 e. The summed E-state index contributed by atoms with van der Waals surface area (Å²) in [6.45, 7) is 6.65. The predicted octanol–water partition coefficient (Wildman–Crippen LogP) is 7.85. The molecule has 13 nitrogen and oxygen atoms in total. The summed E-state index contributed by atoms with van der Waals surface area (Å²) in [4.78, 5) is 63.1. The molecule has 3 heterocycles. The lowest BCUT2D eigenvalue weighted by Gasteiger charge is -2.25. The number of ether oxygens (including phenoxy) is 1. The van der Waals surface area contributed by atoms with E-state index in [2.05, 4.69) is 10.2 Å². The monoisotopic (exact) mass is 879 g/mol. The van der Waals surface area contributed by atoms with Gasteiger partial charge in [0.2, 0.25) is 11.8 Å². The highest BCUT2D eigenvalue weighted by Crippen LogP contribution is 2.38. The van der Waals surface area contributed by atoms with Gasteiger partial charge in [-0.25, -0.2) is 26.9 Å². The average molecular weight is 880 g/mol. The first-order valence-corrected chi connectivity index (χ1v) is 22.7. The van der Waals surface area contributed by atoms with E-state index < -0.39 is 52.4 Å². The Kier molecular flexibility index (Phi) is 12.6. The number of nitrogens with one attached hydrogen (secondary N) is 1. The number of anilines is 1. The minimum atomic E-state index is -4.29. The summed E-state index contributed by atoms with van der Waals surface area (Å²) in [5, 5.41) is 14.8. The fraction of sp³-hybridized carbons (Fsp3) is 0.260. The zero-order chi connectivity index (χ0) is 45.1. The van der Waals surface area contributed by atoms with Crippen molar-refractivity contribution in [2.45, 2.75) is 69.5 Å². The van der Waals surface area contributed by atoms with Gasteiger partial charge in [0.05, 0.1) is 34.4 Å². The van der Waals surface area contributed by atoms with Gasteiger partial charge in [0, 0.05) is 41.6 Å². The van der Waals surface area contributed by atoms with Gasteiger partial charge in [-0.1, -0.05) is 115 Å². The Bertz CT molecular complexity index is 2870. The number of carbonyl (C=O) groups is 4. The van der Waals surface area contributed by atoms with Gasteiger partial charge in [0.15, 0.2) is 6.04 Å². The van der Waals surface area contributed by atoms with Gasteiger partial charge in [-0.2, -0.15) is 0 Å². The number of fused-ring (bicyclic) bond motifs is 1. The van der Waals surface area contributed by atoms with Gasteiger partial charge in [-0.3, -0.25) is 19.5 Å². The molecule has 6 aromatic rings. The Morgan fingerprint density at radius 1 is 0.859 bits per heavy atom. The molecule has 1 aromatic heterocycles. The zero-order valence-electron chi connectivity index (χ0n) is 35.8. The second-order valence-electron chi connectivity index (χ2n) is 16.4. The molecule has 0 saturated carbocycles. The van der Waals surface area contributed by atoms with Crippen molar-refractivity contribution in [2.75, 3.05) is 25.0 Å². The molecule has 3 amide bonds. The lowest BCUT2D eigenvalue weighted by Crippen LogP contribution is -2.39. The summed E-state index contributed by atoms with van der Waals surface area (Å²) < 4.78 is 35.7. The van der Waals surface area contributed by atoms with Crippen LogP contribution in [0.25, 0.3) is 10.9 Å². The van der Waals surface area contributed by atoms with Crippen LogP contribution < -0.4 is 5.32 Å². The summed E-state index contributed by atoms with van der Waals surface area (Å²) in [7, 11) is -4.29. The molecule has 14 heteroatoms. The number of aromatic nitrogens is 1. The molecule has 8 rings (SSSR count). The van der Waals surface area contributed by atoms with Crippen LogP contribution in [0.15, 0.2) is 137 Å². The van der Waals surface area contributed by atoms with E-state index in [1.165, 1.54) is 6.20 Å². The van der Waals surface area contributed by atoms with Crippen LogP contribution in [0.5, 0.6) is 0 Å². The maximum atomic E-state index is 14.7. The van der Waals surface area contributed by atoms with Crippen molar-refractivity contribution >= 4 is 56.2 Å². The van der Waals surface area contributed by atoms with Crippen molar-refractivity contribution in [3.8, 4) is 0 Å². The summed E-state index contributed by atoms with van der Waals surface area (Å²) in [6.07, 6.45) is 1.50. The van der Waals surface area contributed by atoms with Gasteiger partial charge in [0.1, 0.15) is 6.61 Å². The second kappa shape index (κ2) is 18.4. The van der Waals surface area contributed by atoms with Crippen LogP contribution in [-0.2, 0) is 35.7 Å². The Hall–Kier alpha value is -6.90. The van der Waals surface area contributed by atoms with E-state index in [-0.39, 0.29) is 40.7 Å². The van der Waals surface area contributed by atoms with E-state index in [9.17, 15) is 32.7 Å². The number of amides is 3. The SMILES string of the molecule is Cc1cc(C)c(S(=O)(=O)n2cc([C@H](CC(=O)N3CCOC3=O)[C@@H](N=C(c3ccccc3)c3ccccc3NC(=O)[C@@H]3CCCN3Cc3ccccc3)C(=O)O)c3ccccc32)c(C)c1. The van der Waals surface area contributed by atoms with E-state index in [0.717, 1.165) is 33.0 Å². The fourth-order valence-corrected chi connectivity index (χ4v) is 10.9. The molecule has 0 aliphatic carbocycles. The molecule has 5 aromatic carbocycles. The number of para-hydroxylation sites is 2. The van der Waals surface area contributed by atoms with Gasteiger partial charge >= 0.3 is 12.1 Å². The maximum absolute atomic E-state index is 14.7. The highest BCUT2D eigenvalue weighted by atomic mass is 32.2. The van der Waals surface area contributed by atoms with Gasteiger partial charge in [-0.05, 0) is 74.5 Å². The third-order valence-corrected chi connectivity index (χ3v) is 14.0. The van der Waals surface area contributed by atoms with Crippen LogP contribution in [0, 0.1) is 20.8 Å². The predicted molar refractivity (Wildman–Crippen MR) is 244 cm³/mol. The number of aliphatic carboxylic acids is 1. The minimum absolute atomic E-state index is 0.0198. The maximum Gasteiger partial charge on any atom is 0.416 e. The van der Waals surface area contributed by atoms with Gasteiger partial charge in [-0.15, -0.1) is 0 Å². The lowest BCUT2D eigenvalue weighted by atomic mass is 9.87. The number of carboxylic acid groups (broad SMARTS) is 1. The molecular weight excluding hydrogens is 831 g/mol. The highest BCUT2D eigenvalue weighted by Gasteiger charge is 2.39. The third-order valence-electron chi connectivity index (χ3n) is 12.0. The normalized spacial score (nSPS) is 16.7. The van der Waals surface area contributed by atoms with Crippen molar-refractivity contribution in [3.05, 3.63) is 166 Å². The Balaban J connectivity index is 1.26. The largest absolute Gasteiger partial charge is 0.480 e. The number of cyclic esters (lactones) is 1. The van der Waals surface area contributed by atoms with Crippen LogP contribution in [0.4, 0.5) is 10.5 Å². The molecular formula is C50H49N5O8S. The number of nitrogens with zero attached hydrogens (tertiary/aromatic N) is 4. The zero-order valence-corrected chi connectivity index (χ0v) is 36.6. The first-order valence-electron chi connectivity index (χ1n) is 21.3. The van der Waals surface area contributed by atoms with E-state index in [0.29, 0.717) is 46.3 Å². The van der Waals surface area contributed by atoms with E-state index in [1.807, 2.05) is 43.3 Å². The van der Waals surface area contributed by atoms with Crippen molar-refractivity contribution in [1.29, 1.82) is 0 Å². The number of rotatable bonds is 14. The molecule has 0 spiro atoms. The van der Waals surface area contributed by atoms with Crippen LogP contribution >= 0.6 is 0 Å². The standard InChI is InChI=1S/C50H49N5O8S/c1-32-27-33(2)47(34(3)28-32)64(61,62)55-31-40(37-19-11-13-22-42(37)55)39(29-44(56)54-25-26-63-50(54)60)46(49(58)59)52-45(36-17-8-5-9-18-36)38-20-10-12-21-41(38)51-48(57)43-23-14-24-53(43)30-35-15-6-4-7-16-35/h4-13,15-22,27-28,31,39,43,46H,14,23-26,29-30H2,1-3H3,(H,51,57)(H,58,59)/t39-,43-,46+/m0/s1. The molecule has 0 bridgehead atoms. The van der Waals surface area contributed by atoms with E-state index in [4.69, 9.17) is 9.73 Å². The van der Waals surface area contributed by atoms with Gasteiger partial charge in [0.25, 0.3) is 10.0 Å². The smallest absolute Gasteiger partial charge is 0.416 e. The molecule has 2 fully saturated rings. The number of imide groups is 1. The first-order chi connectivity index (χ1) is 30.8. The van der Waals surface area contributed by atoms with Crippen LogP contribution in [0.3, 0.4) is 0 Å². The van der Waals surface area contributed by atoms with Crippen molar-refractivity contribution in [2.24, 2.45) is 4.99 Å². The summed E-state index contributed by atoms with van der Waals surface area (Å²) in [5.74, 6) is -3.63. The van der Waals surface area contributed by atoms with Crippen molar-refractivity contribution < 1.29 is 37.4 Å². The number of aryl methyl sites for hydroxylation is 3. The molecule has 2 aliphatic heterocycles. The first kappa shape index (κ1) is 43.7.